The summed E-state index contributed by atoms with van der Waals surface area (Å²) in [4.78, 5) is 30.6. The van der Waals surface area contributed by atoms with Crippen LogP contribution in [0, 0.1) is 13.8 Å². The maximum atomic E-state index is 12.5. The zero-order valence-electron chi connectivity index (χ0n) is 14.9. The fourth-order valence-electron chi connectivity index (χ4n) is 2.71. The Hall–Kier alpha value is -3.61. The highest BCUT2D eigenvalue weighted by molar-refractivity contribution is 5.92. The smallest absolute Gasteiger partial charge is 0.339 e. The van der Waals surface area contributed by atoms with Crippen molar-refractivity contribution in [2.75, 3.05) is 5.32 Å². The number of H-pyrrole nitrogens is 1. The first-order chi connectivity index (χ1) is 12.8. The highest BCUT2D eigenvalue weighted by Crippen LogP contribution is 2.23. The van der Waals surface area contributed by atoms with Crippen molar-refractivity contribution in [1.82, 2.24) is 9.97 Å². The predicted octanol–water partition coefficient (Wildman–Crippen LogP) is 3.12. The lowest BCUT2D eigenvalue weighted by Crippen LogP contribution is -2.18. The quantitative estimate of drug-likeness (QED) is 0.516. The number of benzene rings is 2. The van der Waals surface area contributed by atoms with Gasteiger partial charge in [-0.2, -0.15) is 0 Å². The Morgan fingerprint density at radius 1 is 1.15 bits per heavy atom. The monoisotopic (exact) mass is 365 g/mol. The number of hydrogen-bond donors (Lipinski definition) is 4. The molecule has 2 aromatic carbocycles. The van der Waals surface area contributed by atoms with E-state index in [1.807, 2.05) is 31.2 Å². The van der Waals surface area contributed by atoms with E-state index in [4.69, 9.17) is 5.11 Å². The van der Waals surface area contributed by atoms with Crippen LogP contribution in [0.3, 0.4) is 0 Å². The van der Waals surface area contributed by atoms with Crippen LogP contribution in [0.2, 0.25) is 0 Å². The average Bonchev–Trinajstić information content (AvgIpc) is 2.61. The minimum Gasteiger partial charge on any atom is -0.507 e. The van der Waals surface area contributed by atoms with Gasteiger partial charge in [0.05, 0.1) is 5.69 Å². The third-order valence-corrected chi connectivity index (χ3v) is 4.21. The first-order valence-electron chi connectivity index (χ1n) is 8.32. The number of aromatic nitrogens is 2. The molecule has 0 spiro atoms. The number of rotatable bonds is 5. The lowest BCUT2D eigenvalue weighted by molar-refractivity contribution is 0.0694. The second kappa shape index (κ2) is 7.33. The Labute approximate surface area is 155 Å². The maximum absolute atomic E-state index is 12.5. The van der Waals surface area contributed by atoms with Crippen LogP contribution in [0.5, 0.6) is 5.75 Å². The Bertz CT molecular complexity index is 1060. The number of nitrogens with one attached hydrogen (secondary N) is 2. The van der Waals surface area contributed by atoms with Crippen molar-refractivity contribution in [2.24, 2.45) is 0 Å². The molecule has 138 valence electrons. The molecule has 27 heavy (non-hydrogen) atoms. The van der Waals surface area contributed by atoms with Gasteiger partial charge in [-0.25, -0.2) is 9.78 Å². The lowest BCUT2D eigenvalue weighted by Gasteiger charge is -2.10. The van der Waals surface area contributed by atoms with Gasteiger partial charge >= 0.3 is 5.97 Å². The van der Waals surface area contributed by atoms with Gasteiger partial charge in [-0.05, 0) is 37.6 Å². The van der Waals surface area contributed by atoms with E-state index >= 15 is 0 Å². The maximum Gasteiger partial charge on any atom is 0.339 e. The van der Waals surface area contributed by atoms with Crippen LogP contribution in [-0.4, -0.2) is 26.2 Å². The van der Waals surface area contributed by atoms with Gasteiger partial charge in [0.25, 0.3) is 5.56 Å². The first kappa shape index (κ1) is 18.2. The zero-order chi connectivity index (χ0) is 19.6. The molecular weight excluding hydrogens is 346 g/mol. The summed E-state index contributed by atoms with van der Waals surface area (Å²) in [5.41, 5.74) is 3.20. The number of aromatic carboxylic acids is 1. The van der Waals surface area contributed by atoms with E-state index < -0.39 is 5.97 Å². The summed E-state index contributed by atoms with van der Waals surface area (Å²) in [6.45, 7) is 3.76. The van der Waals surface area contributed by atoms with Gasteiger partial charge in [0.1, 0.15) is 11.3 Å². The summed E-state index contributed by atoms with van der Waals surface area (Å²) in [6.07, 6.45) is 0.469. The van der Waals surface area contributed by atoms with Crippen molar-refractivity contribution in [3.8, 4) is 5.75 Å². The molecule has 0 aliphatic rings. The third kappa shape index (κ3) is 4.14. The molecule has 0 fully saturated rings. The first-order valence-corrected chi connectivity index (χ1v) is 8.32. The summed E-state index contributed by atoms with van der Waals surface area (Å²) in [7, 11) is 0. The molecule has 0 unspecified atom stereocenters. The van der Waals surface area contributed by atoms with Crippen molar-refractivity contribution in [2.45, 2.75) is 20.3 Å². The van der Waals surface area contributed by atoms with Gasteiger partial charge < -0.3 is 15.5 Å². The molecule has 3 aromatic rings. The zero-order valence-corrected chi connectivity index (χ0v) is 14.9. The van der Waals surface area contributed by atoms with Crippen LogP contribution >= 0.6 is 0 Å². The molecule has 1 heterocycles. The van der Waals surface area contributed by atoms with Crippen molar-refractivity contribution in [3.05, 3.63) is 80.8 Å². The number of aromatic amines is 1. The van der Waals surface area contributed by atoms with Crippen molar-refractivity contribution >= 4 is 17.6 Å². The van der Waals surface area contributed by atoms with Crippen molar-refractivity contribution < 1.29 is 15.0 Å². The molecule has 0 bridgehead atoms. The van der Waals surface area contributed by atoms with Crippen molar-refractivity contribution in [1.29, 1.82) is 0 Å². The molecule has 3 rings (SSSR count). The number of carbonyl (C=O) groups is 1. The Morgan fingerprint density at radius 2 is 1.85 bits per heavy atom. The molecular formula is C20H19N3O4. The number of nitrogens with zero attached hydrogens (tertiary/aromatic N) is 1. The van der Waals surface area contributed by atoms with E-state index in [1.54, 1.807) is 6.92 Å². The topological polar surface area (TPSA) is 115 Å². The predicted molar refractivity (Wildman–Crippen MR) is 102 cm³/mol. The van der Waals surface area contributed by atoms with E-state index in [0.29, 0.717) is 23.4 Å². The van der Waals surface area contributed by atoms with Crippen LogP contribution in [0.15, 0.2) is 47.3 Å². The number of carboxylic acid groups (broad SMARTS) is 1. The number of aromatic hydroxyl groups is 1. The second-order valence-electron chi connectivity index (χ2n) is 6.30. The van der Waals surface area contributed by atoms with Gasteiger partial charge in [-0.3, -0.25) is 9.78 Å². The van der Waals surface area contributed by atoms with Crippen LogP contribution in [-0.2, 0) is 6.42 Å². The van der Waals surface area contributed by atoms with Gasteiger partial charge in [-0.1, -0.05) is 29.8 Å². The normalized spacial score (nSPS) is 10.6. The van der Waals surface area contributed by atoms with E-state index in [9.17, 15) is 14.7 Å². The number of carboxylic acids is 1. The molecule has 0 saturated carbocycles. The fraction of sp³-hybridized carbons (Fsp3) is 0.150. The SMILES string of the molecule is Cc1ccc(Cc2c(C)nc(Nc3ccc(O)c(C(=O)O)c3)[nH]c2=O)cc1. The fourth-order valence-corrected chi connectivity index (χ4v) is 2.71. The number of phenols is 1. The summed E-state index contributed by atoms with van der Waals surface area (Å²) in [5, 5.41) is 21.5. The van der Waals surface area contributed by atoms with E-state index in [-0.39, 0.29) is 22.8 Å². The summed E-state index contributed by atoms with van der Waals surface area (Å²) >= 11 is 0. The van der Waals surface area contributed by atoms with E-state index in [1.165, 1.54) is 18.2 Å². The Balaban J connectivity index is 1.86. The molecule has 0 aliphatic carbocycles. The molecule has 0 aliphatic heterocycles. The third-order valence-electron chi connectivity index (χ3n) is 4.21. The van der Waals surface area contributed by atoms with E-state index in [0.717, 1.165) is 11.1 Å². The number of aryl methyl sites for hydroxylation is 2. The average molecular weight is 365 g/mol. The van der Waals surface area contributed by atoms with Crippen LogP contribution in [0.25, 0.3) is 0 Å². The molecule has 1 aromatic heterocycles. The minimum atomic E-state index is -1.25. The van der Waals surface area contributed by atoms with Gasteiger partial charge in [0, 0.05) is 17.7 Å². The lowest BCUT2D eigenvalue weighted by atomic mass is 10.0. The standard InChI is InChI=1S/C20H19N3O4/c1-11-3-5-13(6-4-11)9-15-12(2)21-20(23-18(15)25)22-14-7-8-17(24)16(10-14)19(26)27/h3-8,10,24H,9H2,1-2H3,(H,26,27)(H2,21,22,23,25). The summed E-state index contributed by atoms with van der Waals surface area (Å²) in [5.74, 6) is -1.38. The molecule has 0 amide bonds. The minimum absolute atomic E-state index is 0.201. The summed E-state index contributed by atoms with van der Waals surface area (Å²) in [6, 6.07) is 12.0. The molecule has 0 atom stereocenters. The highest BCUT2D eigenvalue weighted by atomic mass is 16.4. The van der Waals surface area contributed by atoms with Gasteiger partial charge in [-0.15, -0.1) is 0 Å². The summed E-state index contributed by atoms with van der Waals surface area (Å²) < 4.78 is 0. The second-order valence-corrected chi connectivity index (χ2v) is 6.30. The molecule has 7 nitrogen and oxygen atoms in total. The molecule has 7 heteroatoms. The van der Waals surface area contributed by atoms with Gasteiger partial charge in [0.15, 0.2) is 0 Å². The molecule has 0 radical (unpaired) electrons. The van der Waals surface area contributed by atoms with Crippen LogP contribution < -0.4 is 10.9 Å². The van der Waals surface area contributed by atoms with Crippen molar-refractivity contribution in [3.63, 3.8) is 0 Å². The van der Waals surface area contributed by atoms with Crippen LogP contribution in [0.4, 0.5) is 11.6 Å². The largest absolute Gasteiger partial charge is 0.507 e. The van der Waals surface area contributed by atoms with E-state index in [2.05, 4.69) is 15.3 Å². The number of hydrogen-bond acceptors (Lipinski definition) is 5. The Kier molecular flexibility index (Phi) is 4.94. The molecule has 0 saturated heterocycles. The highest BCUT2D eigenvalue weighted by Gasteiger charge is 2.12. The Morgan fingerprint density at radius 3 is 2.48 bits per heavy atom. The van der Waals surface area contributed by atoms with Gasteiger partial charge in [0.2, 0.25) is 5.95 Å². The number of anilines is 2. The molecule has 4 N–H and O–H groups in total. The van der Waals surface area contributed by atoms with Crippen LogP contribution in [0.1, 0.15) is 32.7 Å².